The lowest BCUT2D eigenvalue weighted by atomic mass is 10.1. The fourth-order valence-corrected chi connectivity index (χ4v) is 4.67. The zero-order valence-electron chi connectivity index (χ0n) is 18.8. The van der Waals surface area contributed by atoms with E-state index in [0.717, 1.165) is 45.1 Å². The van der Waals surface area contributed by atoms with Crippen LogP contribution in [0.15, 0.2) is 89.5 Å². The minimum Gasteiger partial charge on any atom is -0.346 e. The number of aromatic nitrogens is 1. The molecule has 0 saturated carbocycles. The number of aryl methyl sites for hydroxylation is 2. The summed E-state index contributed by atoms with van der Waals surface area (Å²) in [6, 6.07) is 25.6. The first-order chi connectivity index (χ1) is 16.6. The van der Waals surface area contributed by atoms with Gasteiger partial charge in [-0.25, -0.2) is 0 Å². The molecule has 1 amide bonds. The highest BCUT2D eigenvalue weighted by Gasteiger charge is 2.13. The molecule has 1 heterocycles. The highest BCUT2D eigenvalue weighted by atomic mass is 35.5. The lowest BCUT2D eigenvalue weighted by molar-refractivity contribution is -0.112. The number of benzene rings is 3. The Morgan fingerprint density at radius 1 is 1.09 bits per heavy atom. The predicted octanol–water partition coefficient (Wildman–Crippen LogP) is 7.20. The summed E-state index contributed by atoms with van der Waals surface area (Å²) < 4.78 is 2.17. The molecule has 0 radical (unpaired) electrons. The molecule has 0 atom stereocenters. The summed E-state index contributed by atoms with van der Waals surface area (Å²) in [5.74, 6) is 0.463. The van der Waals surface area contributed by atoms with Crippen LogP contribution in [0.25, 0.3) is 17.0 Å². The van der Waals surface area contributed by atoms with Gasteiger partial charge in [0.25, 0.3) is 5.91 Å². The Morgan fingerprint density at radius 3 is 2.53 bits per heavy atom. The number of rotatable bonds is 8. The van der Waals surface area contributed by atoms with Gasteiger partial charge in [-0.1, -0.05) is 48.9 Å². The second kappa shape index (κ2) is 11.1. The van der Waals surface area contributed by atoms with Gasteiger partial charge in [-0.05, 0) is 60.5 Å². The topological polar surface area (TPSA) is 57.8 Å². The minimum absolute atomic E-state index is 0.0676. The third-order valence-electron chi connectivity index (χ3n) is 5.52. The van der Waals surface area contributed by atoms with Gasteiger partial charge in [0.2, 0.25) is 0 Å². The molecule has 0 fully saturated rings. The molecule has 170 valence electrons. The van der Waals surface area contributed by atoms with Gasteiger partial charge in [-0.3, -0.25) is 4.79 Å². The van der Waals surface area contributed by atoms with Crippen LogP contribution in [-0.2, 0) is 17.8 Å². The number of carbonyl (C=O) groups excluding carboxylic acids is 1. The highest BCUT2D eigenvalue weighted by Crippen LogP contribution is 2.26. The molecule has 1 aromatic heterocycles. The quantitative estimate of drug-likeness (QED) is 0.163. The van der Waals surface area contributed by atoms with E-state index in [1.54, 1.807) is 17.8 Å². The molecule has 0 bridgehead atoms. The Kier molecular flexibility index (Phi) is 7.74. The number of hydrogen-bond acceptors (Lipinski definition) is 3. The van der Waals surface area contributed by atoms with Crippen molar-refractivity contribution in [3.8, 4) is 6.07 Å². The normalized spacial score (nSPS) is 11.4. The van der Waals surface area contributed by atoms with Crippen molar-refractivity contribution >= 4 is 51.9 Å². The number of hydrogen-bond donors (Lipinski definition) is 1. The van der Waals surface area contributed by atoms with Gasteiger partial charge in [0.15, 0.2) is 0 Å². The molecule has 0 saturated heterocycles. The molecular formula is C28H24ClN3OS. The molecule has 34 heavy (non-hydrogen) atoms. The molecule has 4 nitrogen and oxygen atoms in total. The molecule has 0 aliphatic heterocycles. The Hall–Kier alpha value is -3.46. The zero-order chi connectivity index (χ0) is 23.9. The number of para-hydroxylation sites is 1. The second-order valence-electron chi connectivity index (χ2n) is 7.77. The standard InChI is InChI=1S/C28H24ClN3OS/c1-2-20-7-11-24(12-8-20)31-28(33)21(18-30)17-22-19-32(27-6-4-3-5-26(22)27)15-16-34-25-13-9-23(29)10-14-25/h3-14,17,19H,2,15-16H2,1H3,(H,31,33)/b21-17-. The average Bonchev–Trinajstić information content (AvgIpc) is 3.21. The SMILES string of the molecule is CCc1ccc(NC(=O)/C(C#N)=C\c2cn(CCSc3ccc(Cl)cc3)c3ccccc23)cc1. The lowest BCUT2D eigenvalue weighted by Gasteiger charge is -2.05. The van der Waals surface area contributed by atoms with Gasteiger partial charge in [0, 0.05) is 50.6 Å². The van der Waals surface area contributed by atoms with Crippen molar-refractivity contribution in [2.24, 2.45) is 0 Å². The van der Waals surface area contributed by atoms with Crippen LogP contribution in [0, 0.1) is 11.3 Å². The number of anilines is 1. The van der Waals surface area contributed by atoms with Crippen molar-refractivity contribution in [1.82, 2.24) is 4.57 Å². The third kappa shape index (κ3) is 5.72. The number of amides is 1. The number of nitrogens with zero attached hydrogens (tertiary/aromatic N) is 2. The maximum atomic E-state index is 12.8. The van der Waals surface area contributed by atoms with Crippen LogP contribution in [-0.4, -0.2) is 16.2 Å². The average molecular weight is 486 g/mol. The van der Waals surface area contributed by atoms with E-state index in [0.29, 0.717) is 5.69 Å². The maximum absolute atomic E-state index is 12.8. The molecule has 0 spiro atoms. The van der Waals surface area contributed by atoms with E-state index in [4.69, 9.17) is 11.6 Å². The van der Waals surface area contributed by atoms with E-state index in [1.165, 1.54) is 5.56 Å². The number of fused-ring (bicyclic) bond motifs is 1. The molecule has 4 rings (SSSR count). The Labute approximate surface area is 208 Å². The van der Waals surface area contributed by atoms with Crippen LogP contribution >= 0.6 is 23.4 Å². The summed E-state index contributed by atoms with van der Waals surface area (Å²) in [5, 5.41) is 14.2. The third-order valence-corrected chi connectivity index (χ3v) is 6.76. The second-order valence-corrected chi connectivity index (χ2v) is 9.38. The maximum Gasteiger partial charge on any atom is 0.266 e. The van der Waals surface area contributed by atoms with Gasteiger partial charge in [-0.2, -0.15) is 5.26 Å². The van der Waals surface area contributed by atoms with Crippen molar-refractivity contribution in [3.63, 3.8) is 0 Å². The molecule has 3 aromatic carbocycles. The van der Waals surface area contributed by atoms with E-state index in [1.807, 2.05) is 72.9 Å². The fraction of sp³-hybridized carbons (Fsp3) is 0.143. The number of nitriles is 1. The predicted molar refractivity (Wildman–Crippen MR) is 142 cm³/mol. The Balaban J connectivity index is 1.53. The monoisotopic (exact) mass is 485 g/mol. The molecule has 0 unspecified atom stereocenters. The molecule has 4 aromatic rings. The molecule has 0 aliphatic carbocycles. The largest absolute Gasteiger partial charge is 0.346 e. The molecule has 6 heteroatoms. The van der Waals surface area contributed by atoms with E-state index >= 15 is 0 Å². The van der Waals surface area contributed by atoms with Gasteiger partial charge >= 0.3 is 0 Å². The Morgan fingerprint density at radius 2 is 1.82 bits per heavy atom. The first-order valence-electron chi connectivity index (χ1n) is 11.1. The molecule has 0 aliphatic rings. The number of carbonyl (C=O) groups is 1. The van der Waals surface area contributed by atoms with Gasteiger partial charge in [0.05, 0.1) is 0 Å². The summed E-state index contributed by atoms with van der Waals surface area (Å²) in [4.78, 5) is 13.9. The van der Waals surface area contributed by atoms with E-state index in [9.17, 15) is 10.1 Å². The first kappa shape index (κ1) is 23.7. The van der Waals surface area contributed by atoms with Crippen molar-refractivity contribution in [2.45, 2.75) is 24.8 Å². The minimum atomic E-state index is -0.415. The first-order valence-corrected chi connectivity index (χ1v) is 12.4. The van der Waals surface area contributed by atoms with E-state index < -0.39 is 5.91 Å². The Bertz CT molecular complexity index is 1370. The van der Waals surface area contributed by atoms with Crippen molar-refractivity contribution < 1.29 is 4.79 Å². The van der Waals surface area contributed by atoms with E-state index in [2.05, 4.69) is 28.9 Å². The van der Waals surface area contributed by atoms with Crippen molar-refractivity contribution in [3.05, 3.63) is 101 Å². The van der Waals surface area contributed by atoms with Crippen LogP contribution < -0.4 is 5.32 Å². The van der Waals surface area contributed by atoms with Crippen LogP contribution in [0.4, 0.5) is 5.69 Å². The van der Waals surface area contributed by atoms with Crippen LogP contribution in [0.5, 0.6) is 0 Å². The summed E-state index contributed by atoms with van der Waals surface area (Å²) >= 11 is 7.73. The zero-order valence-corrected chi connectivity index (χ0v) is 20.4. The van der Waals surface area contributed by atoms with Gasteiger partial charge < -0.3 is 9.88 Å². The van der Waals surface area contributed by atoms with Crippen molar-refractivity contribution in [2.75, 3.05) is 11.1 Å². The smallest absolute Gasteiger partial charge is 0.266 e. The van der Waals surface area contributed by atoms with E-state index in [-0.39, 0.29) is 5.57 Å². The number of halogens is 1. The van der Waals surface area contributed by atoms with Crippen LogP contribution in [0.2, 0.25) is 5.02 Å². The van der Waals surface area contributed by atoms with Gasteiger partial charge in [0.1, 0.15) is 11.6 Å². The van der Waals surface area contributed by atoms with Crippen LogP contribution in [0.1, 0.15) is 18.1 Å². The summed E-state index contributed by atoms with van der Waals surface area (Å²) in [6.45, 7) is 2.87. The number of thioether (sulfide) groups is 1. The summed E-state index contributed by atoms with van der Waals surface area (Å²) in [6.07, 6.45) is 4.61. The number of nitrogens with one attached hydrogen (secondary N) is 1. The van der Waals surface area contributed by atoms with Crippen LogP contribution in [0.3, 0.4) is 0 Å². The lowest BCUT2D eigenvalue weighted by Crippen LogP contribution is -2.13. The highest BCUT2D eigenvalue weighted by molar-refractivity contribution is 7.99. The van der Waals surface area contributed by atoms with Crippen molar-refractivity contribution in [1.29, 1.82) is 5.26 Å². The van der Waals surface area contributed by atoms with Gasteiger partial charge in [-0.15, -0.1) is 11.8 Å². The summed E-state index contributed by atoms with van der Waals surface area (Å²) in [5.41, 5.74) is 3.84. The summed E-state index contributed by atoms with van der Waals surface area (Å²) in [7, 11) is 0. The fourth-order valence-electron chi connectivity index (χ4n) is 3.69. The molecular weight excluding hydrogens is 462 g/mol. The molecule has 1 N–H and O–H groups in total.